The monoisotopic (exact) mass is 1070 g/mol. The highest BCUT2D eigenvalue weighted by Crippen LogP contribution is 2.76. The number of nitrogens with one attached hydrogen (secondary N) is 1. The number of aliphatic hydroxyl groups excluding tert-OH is 9. The minimum absolute atomic E-state index is 0.0356. The number of fused-ring (bicyclic) bond motifs is 7. The number of ether oxygens (including phenoxy) is 6. The number of hydrogen-bond acceptors (Lipinski definition) is 18. The molecule has 20 nitrogen and oxygen atoms in total. The number of allylic oxidation sites excluding steroid dienone is 2. The minimum atomic E-state index is -1.92. The number of carbonyl (C=O) groups is 3. The van der Waals surface area contributed by atoms with Gasteiger partial charge in [0.15, 0.2) is 18.7 Å². The molecule has 0 aromatic rings. The van der Waals surface area contributed by atoms with Crippen LogP contribution in [0.15, 0.2) is 11.6 Å². The molecule has 7 fully saturated rings. The number of hydrogen-bond donors (Lipinski definition) is 11. The Bertz CT molecular complexity index is 2070. The largest absolute Gasteiger partial charge is 0.432 e. The Hall–Kier alpha value is -2.25. The van der Waals surface area contributed by atoms with E-state index in [9.17, 15) is 55.5 Å². The van der Waals surface area contributed by atoms with E-state index in [1.165, 1.54) is 6.92 Å². The highest BCUT2D eigenvalue weighted by atomic mass is 16.8. The van der Waals surface area contributed by atoms with Gasteiger partial charge >= 0.3 is 5.97 Å². The highest BCUT2D eigenvalue weighted by molar-refractivity contribution is 5.80. The van der Waals surface area contributed by atoms with Crippen LogP contribution < -0.4 is 11.1 Å². The van der Waals surface area contributed by atoms with E-state index in [-0.39, 0.29) is 54.0 Å². The topological polar surface area (TPSA) is 328 Å². The third kappa shape index (κ3) is 10.2. The molecule has 4 saturated carbocycles. The van der Waals surface area contributed by atoms with Gasteiger partial charge < -0.3 is 90.2 Å². The van der Waals surface area contributed by atoms with Crippen LogP contribution in [0.2, 0.25) is 0 Å². The van der Waals surface area contributed by atoms with E-state index >= 15 is 4.79 Å². The lowest BCUT2D eigenvalue weighted by atomic mass is 9.33. The van der Waals surface area contributed by atoms with E-state index in [0.29, 0.717) is 32.1 Å². The van der Waals surface area contributed by atoms with Gasteiger partial charge in [-0.15, -0.1) is 0 Å². The van der Waals surface area contributed by atoms with Gasteiger partial charge in [-0.2, -0.15) is 0 Å². The van der Waals surface area contributed by atoms with Crippen molar-refractivity contribution in [3.63, 3.8) is 0 Å². The molecule has 0 aromatic heterocycles. The molecule has 20 heteroatoms. The van der Waals surface area contributed by atoms with Crippen LogP contribution in [0.3, 0.4) is 0 Å². The smallest absolute Gasteiger partial charge is 0.317 e. The van der Waals surface area contributed by atoms with Crippen LogP contribution in [0, 0.1) is 50.2 Å². The fourth-order valence-corrected chi connectivity index (χ4v) is 16.1. The fourth-order valence-electron chi connectivity index (χ4n) is 16.1. The standard InChI is InChI=1S/C55H90N2O18/c1-28-44(73-46-42(67)39(64)31(60)26-70-46)41(66)43(68)47(71-28)74-45-40(65)38(57-37(63)13-11-9-8-10-12-22-56)32(25-58)72-48(45)75-49(69)55-21-20-50(2,3)23-30(55)29-14-15-34-51(4)18-17-35(61)52(5,27-59)33(51)16-19-53(34,6)54(29,7)24-36(55)62/h14,27-28,30-36,38-48,58,60-62,64-68H,8-13,15-26,56H2,1-7H3,(H,57,63)/p+1/t28?,30?,31-,32?,33-,34?,35+,36?,38+,39?,40?,41?,42?,43?,44+,45?,46+,47+,48+,51?,52-,53+,54-,55-/m1/s1. The molecule has 8 aliphatic rings. The first-order valence-corrected chi connectivity index (χ1v) is 28.0. The molecule has 0 bridgehead atoms. The second kappa shape index (κ2) is 22.4. The van der Waals surface area contributed by atoms with E-state index in [1.807, 2.05) is 6.92 Å². The number of rotatable bonds is 16. The summed E-state index contributed by atoms with van der Waals surface area (Å²) in [5.41, 5.74) is 1.09. The van der Waals surface area contributed by atoms with Crippen LogP contribution >= 0.6 is 0 Å². The summed E-state index contributed by atoms with van der Waals surface area (Å²) >= 11 is 0. The van der Waals surface area contributed by atoms with Crippen molar-refractivity contribution in [1.82, 2.24) is 5.32 Å². The lowest BCUT2D eigenvalue weighted by molar-refractivity contribution is -0.370. The maximum atomic E-state index is 15.6. The molecule has 0 radical (unpaired) electrons. The molecule has 3 heterocycles. The summed E-state index contributed by atoms with van der Waals surface area (Å²) in [6, 6.07) is -1.32. The van der Waals surface area contributed by atoms with Gasteiger partial charge in [0.25, 0.3) is 0 Å². The third-order valence-electron chi connectivity index (χ3n) is 20.9. The van der Waals surface area contributed by atoms with Gasteiger partial charge in [-0.05, 0) is 123 Å². The summed E-state index contributed by atoms with van der Waals surface area (Å²) in [5.74, 6) is -1.67. The van der Waals surface area contributed by atoms with Gasteiger partial charge in [0.2, 0.25) is 12.2 Å². The zero-order valence-electron chi connectivity index (χ0n) is 45.3. The zero-order chi connectivity index (χ0) is 54.8. The molecular weight excluding hydrogens is 977 g/mol. The predicted octanol–water partition coefficient (Wildman–Crippen LogP) is 0.663. The van der Waals surface area contributed by atoms with Crippen molar-refractivity contribution in [3.8, 4) is 0 Å². The number of esters is 1. The van der Waals surface area contributed by atoms with E-state index in [2.05, 4.69) is 51.7 Å². The van der Waals surface area contributed by atoms with Gasteiger partial charge in [-0.1, -0.05) is 66.0 Å². The van der Waals surface area contributed by atoms with Crippen molar-refractivity contribution < 1.29 is 94.5 Å². The van der Waals surface area contributed by atoms with Crippen LogP contribution in [-0.4, -0.2) is 182 Å². The number of unbranched alkanes of at least 4 members (excludes halogenated alkanes) is 4. The summed E-state index contributed by atoms with van der Waals surface area (Å²) in [6.07, 6.45) is -10.3. The zero-order valence-corrected chi connectivity index (χ0v) is 45.3. The number of aldehydes is 1. The Balaban J connectivity index is 1.09. The van der Waals surface area contributed by atoms with Gasteiger partial charge in [0.1, 0.15) is 60.5 Å². The highest BCUT2D eigenvalue weighted by Gasteiger charge is 2.72. The summed E-state index contributed by atoms with van der Waals surface area (Å²) in [4.78, 5) is 41.9. The van der Waals surface area contributed by atoms with Gasteiger partial charge in [0, 0.05) is 6.42 Å². The summed E-state index contributed by atoms with van der Waals surface area (Å²) in [7, 11) is 0. The van der Waals surface area contributed by atoms with Gasteiger partial charge in [0.05, 0.1) is 49.5 Å². The molecule has 1 amide bonds. The molecule has 8 rings (SSSR count). The molecule has 3 aliphatic heterocycles. The maximum absolute atomic E-state index is 15.6. The van der Waals surface area contributed by atoms with Crippen molar-refractivity contribution in [3.05, 3.63) is 11.6 Å². The van der Waals surface area contributed by atoms with Crippen LogP contribution in [-0.2, 0) is 42.8 Å². The van der Waals surface area contributed by atoms with E-state index in [4.69, 9.17) is 28.4 Å². The number of amides is 1. The Morgan fingerprint density at radius 2 is 1.44 bits per heavy atom. The predicted molar refractivity (Wildman–Crippen MR) is 266 cm³/mol. The van der Waals surface area contributed by atoms with Gasteiger partial charge in [-0.25, -0.2) is 0 Å². The van der Waals surface area contributed by atoms with Crippen molar-refractivity contribution in [2.75, 3.05) is 19.8 Å². The Morgan fingerprint density at radius 1 is 0.760 bits per heavy atom. The number of quaternary nitrogens is 1. The molecule has 0 aromatic carbocycles. The lowest BCUT2D eigenvalue weighted by Gasteiger charge is -2.71. The second-order valence-corrected chi connectivity index (χ2v) is 25.7. The average Bonchev–Trinajstić information content (AvgIpc) is 3.36. The minimum Gasteiger partial charge on any atom is -0.432 e. The molecule has 5 aliphatic carbocycles. The molecule has 75 heavy (non-hydrogen) atoms. The second-order valence-electron chi connectivity index (χ2n) is 25.7. The normalized spacial score (nSPS) is 49.5. The van der Waals surface area contributed by atoms with Crippen LogP contribution in [0.1, 0.15) is 145 Å². The first kappa shape index (κ1) is 58.9. The van der Waals surface area contributed by atoms with Crippen molar-refractivity contribution in [2.45, 2.75) is 243 Å². The van der Waals surface area contributed by atoms with Crippen molar-refractivity contribution in [1.29, 1.82) is 0 Å². The van der Waals surface area contributed by atoms with Crippen LogP contribution in [0.25, 0.3) is 0 Å². The van der Waals surface area contributed by atoms with Crippen LogP contribution in [0.4, 0.5) is 0 Å². The summed E-state index contributed by atoms with van der Waals surface area (Å²) < 4.78 is 36.4. The molecule has 3 saturated heterocycles. The third-order valence-corrected chi connectivity index (χ3v) is 20.9. The number of aliphatic hydroxyl groups is 9. The Labute approximate surface area is 441 Å². The summed E-state index contributed by atoms with van der Waals surface area (Å²) in [6.45, 7) is 14.2. The molecule has 428 valence electrons. The van der Waals surface area contributed by atoms with Crippen molar-refractivity contribution >= 4 is 18.2 Å². The SMILES string of the molecule is CC1O[C@@H](OC2C(O)[C@@H](NC(=O)CCCCCCC[NH3+])C(CO)O[C@H]2OC(=O)[C@]23CCC(C)(C)CC2C2=CCC4C5(C)CC[C@H](O)[C@](C)(C=O)[C@@H]5CC[C@]4(C)[C@]2(C)CC3O)C(O)C(O)[C@H]1O[C@@H]1OC[C@@H](O)C(O)C1O. The first-order chi connectivity index (χ1) is 35.3. The molecular formula is C55H91N2O18+. The number of carbonyl (C=O) groups excluding carboxylic acids is 3. The lowest BCUT2D eigenvalue weighted by Crippen LogP contribution is -2.69. The van der Waals surface area contributed by atoms with Crippen LogP contribution in [0.5, 0.6) is 0 Å². The Morgan fingerprint density at radius 3 is 2.13 bits per heavy atom. The summed E-state index contributed by atoms with van der Waals surface area (Å²) in [5, 5.41) is 104. The van der Waals surface area contributed by atoms with Gasteiger partial charge in [-0.3, -0.25) is 9.59 Å². The molecule has 0 spiro atoms. The Kier molecular flexibility index (Phi) is 17.6. The van der Waals surface area contributed by atoms with E-state index in [1.54, 1.807) is 0 Å². The fraction of sp³-hybridized carbons (Fsp3) is 0.909. The first-order valence-electron chi connectivity index (χ1n) is 28.0. The molecule has 13 N–H and O–H groups in total. The molecule has 12 unspecified atom stereocenters. The van der Waals surface area contributed by atoms with Crippen molar-refractivity contribution in [2.24, 2.45) is 50.2 Å². The van der Waals surface area contributed by atoms with E-state index < -0.39 is 139 Å². The van der Waals surface area contributed by atoms with E-state index in [0.717, 1.165) is 63.3 Å². The molecule has 24 atom stereocenters. The quantitative estimate of drug-likeness (QED) is 0.0438. The maximum Gasteiger partial charge on any atom is 0.317 e. The average molecular weight is 1070 g/mol.